The first-order chi connectivity index (χ1) is 11.1. The fourth-order valence-electron chi connectivity index (χ4n) is 2.78. The summed E-state index contributed by atoms with van der Waals surface area (Å²) in [5, 5.41) is 0. The first-order valence-corrected chi connectivity index (χ1v) is 8.76. The summed E-state index contributed by atoms with van der Waals surface area (Å²) in [6.45, 7) is 6.17. The number of hydrogen-bond donors (Lipinski definition) is 0. The molecule has 0 spiro atoms. The normalized spacial score (nSPS) is 15.7. The average Bonchev–Trinajstić information content (AvgIpc) is 3.00. The minimum Gasteiger partial charge on any atom is -0.493 e. The molecule has 0 aromatic carbocycles. The van der Waals surface area contributed by atoms with E-state index in [1.807, 2.05) is 31.0 Å². The molecule has 3 heterocycles. The molecule has 6 heteroatoms. The van der Waals surface area contributed by atoms with E-state index >= 15 is 0 Å². The summed E-state index contributed by atoms with van der Waals surface area (Å²) in [7, 11) is 0. The van der Waals surface area contributed by atoms with Gasteiger partial charge in [0.2, 0.25) is 0 Å². The lowest BCUT2D eigenvalue weighted by Crippen LogP contribution is -2.39. The third-order valence-electron chi connectivity index (χ3n) is 4.28. The molecule has 0 N–H and O–H groups in total. The van der Waals surface area contributed by atoms with E-state index < -0.39 is 0 Å². The van der Waals surface area contributed by atoms with E-state index in [2.05, 4.69) is 9.97 Å². The zero-order valence-corrected chi connectivity index (χ0v) is 14.3. The Bertz CT molecular complexity index is 678. The molecule has 0 atom stereocenters. The Morgan fingerprint density at radius 2 is 2.17 bits per heavy atom. The van der Waals surface area contributed by atoms with Gasteiger partial charge in [0, 0.05) is 31.0 Å². The molecular formula is C17H21N3O2S. The second kappa shape index (κ2) is 7.08. The van der Waals surface area contributed by atoms with Gasteiger partial charge in [0.15, 0.2) is 0 Å². The first-order valence-electron chi connectivity index (χ1n) is 7.88. The summed E-state index contributed by atoms with van der Waals surface area (Å²) >= 11 is 1.43. The number of aromatic nitrogens is 2. The van der Waals surface area contributed by atoms with Crippen molar-refractivity contribution in [3.63, 3.8) is 0 Å². The third kappa shape index (κ3) is 3.69. The minimum atomic E-state index is 0.120. The van der Waals surface area contributed by atoms with Crippen LogP contribution in [0, 0.1) is 19.8 Å². The van der Waals surface area contributed by atoms with Crippen molar-refractivity contribution in [2.75, 3.05) is 19.7 Å². The molecule has 0 unspecified atom stereocenters. The van der Waals surface area contributed by atoms with E-state index in [4.69, 9.17) is 4.74 Å². The molecule has 1 aliphatic rings. The maximum Gasteiger partial charge on any atom is 0.265 e. The van der Waals surface area contributed by atoms with E-state index in [1.165, 1.54) is 11.3 Å². The Labute approximate surface area is 140 Å². The summed E-state index contributed by atoms with van der Waals surface area (Å²) in [6.07, 6.45) is 5.52. The van der Waals surface area contributed by atoms with Crippen molar-refractivity contribution in [1.29, 1.82) is 0 Å². The van der Waals surface area contributed by atoms with Gasteiger partial charge in [-0.05, 0) is 38.7 Å². The summed E-state index contributed by atoms with van der Waals surface area (Å²) in [5.74, 6) is 1.52. The predicted octanol–water partition coefficient (Wildman–Crippen LogP) is 3.09. The van der Waals surface area contributed by atoms with E-state index in [1.54, 1.807) is 11.7 Å². The molecule has 1 fully saturated rings. The molecule has 2 aromatic heterocycles. The highest BCUT2D eigenvalue weighted by atomic mass is 32.1. The summed E-state index contributed by atoms with van der Waals surface area (Å²) in [5.41, 5.74) is 3.62. The Morgan fingerprint density at radius 3 is 2.83 bits per heavy atom. The van der Waals surface area contributed by atoms with Crippen LogP contribution in [-0.4, -0.2) is 40.5 Å². The third-order valence-corrected chi connectivity index (χ3v) is 5.20. The van der Waals surface area contributed by atoms with Crippen LogP contribution in [0.15, 0.2) is 24.0 Å². The van der Waals surface area contributed by atoms with Crippen molar-refractivity contribution in [3.8, 4) is 5.75 Å². The summed E-state index contributed by atoms with van der Waals surface area (Å²) in [6, 6.07) is 1.90. The van der Waals surface area contributed by atoms with Crippen molar-refractivity contribution in [2.45, 2.75) is 26.7 Å². The van der Waals surface area contributed by atoms with Gasteiger partial charge < -0.3 is 9.64 Å². The van der Waals surface area contributed by atoms with E-state index in [-0.39, 0.29) is 5.91 Å². The topological polar surface area (TPSA) is 55.3 Å². The van der Waals surface area contributed by atoms with E-state index in [9.17, 15) is 4.79 Å². The zero-order chi connectivity index (χ0) is 16.2. The molecule has 5 nitrogen and oxygen atoms in total. The number of amides is 1. The van der Waals surface area contributed by atoms with Crippen LogP contribution in [0.25, 0.3) is 0 Å². The SMILES string of the molecule is Cc1cnccc1OCC1CCN(C(=O)c2scnc2C)CC1. The van der Waals surface area contributed by atoms with Crippen LogP contribution in [-0.2, 0) is 0 Å². The van der Waals surface area contributed by atoms with Gasteiger partial charge in [-0.1, -0.05) is 0 Å². The number of likely N-dealkylation sites (tertiary alicyclic amines) is 1. The number of rotatable bonds is 4. The van der Waals surface area contributed by atoms with Crippen molar-refractivity contribution < 1.29 is 9.53 Å². The zero-order valence-electron chi connectivity index (χ0n) is 13.5. The summed E-state index contributed by atoms with van der Waals surface area (Å²) in [4.78, 5) is 23.4. The molecule has 23 heavy (non-hydrogen) atoms. The van der Waals surface area contributed by atoms with Crippen LogP contribution >= 0.6 is 11.3 Å². The fraction of sp³-hybridized carbons (Fsp3) is 0.471. The highest BCUT2D eigenvalue weighted by Crippen LogP contribution is 2.23. The summed E-state index contributed by atoms with van der Waals surface area (Å²) < 4.78 is 5.91. The van der Waals surface area contributed by atoms with Crippen molar-refractivity contribution in [3.05, 3.63) is 40.1 Å². The van der Waals surface area contributed by atoms with Crippen LogP contribution < -0.4 is 4.74 Å². The lowest BCUT2D eigenvalue weighted by molar-refractivity contribution is 0.0664. The average molecular weight is 331 g/mol. The smallest absolute Gasteiger partial charge is 0.265 e. The van der Waals surface area contributed by atoms with Crippen LogP contribution in [0.1, 0.15) is 33.8 Å². The molecule has 0 bridgehead atoms. The van der Waals surface area contributed by atoms with Gasteiger partial charge in [0.05, 0.1) is 17.8 Å². The highest BCUT2D eigenvalue weighted by molar-refractivity contribution is 7.11. The number of nitrogens with zero attached hydrogens (tertiary/aromatic N) is 3. The largest absolute Gasteiger partial charge is 0.493 e. The van der Waals surface area contributed by atoms with Crippen molar-refractivity contribution in [1.82, 2.24) is 14.9 Å². The number of carbonyl (C=O) groups excluding carboxylic acids is 1. The second-order valence-corrected chi connectivity index (χ2v) is 6.81. The van der Waals surface area contributed by atoms with Gasteiger partial charge in [-0.15, -0.1) is 11.3 Å². The first kappa shape index (κ1) is 15.9. The highest BCUT2D eigenvalue weighted by Gasteiger charge is 2.25. The molecule has 122 valence electrons. The van der Waals surface area contributed by atoms with E-state index in [0.29, 0.717) is 12.5 Å². The Morgan fingerprint density at radius 1 is 1.39 bits per heavy atom. The van der Waals surface area contributed by atoms with E-state index in [0.717, 1.165) is 47.8 Å². The molecule has 0 aliphatic carbocycles. The lowest BCUT2D eigenvalue weighted by atomic mass is 9.97. The van der Waals surface area contributed by atoms with Gasteiger partial charge in [0.25, 0.3) is 5.91 Å². The molecule has 0 radical (unpaired) electrons. The molecule has 0 saturated carbocycles. The number of ether oxygens (including phenoxy) is 1. The number of hydrogen-bond acceptors (Lipinski definition) is 5. The van der Waals surface area contributed by atoms with Crippen LogP contribution in [0.3, 0.4) is 0 Å². The van der Waals surface area contributed by atoms with Gasteiger partial charge in [-0.3, -0.25) is 9.78 Å². The maximum absolute atomic E-state index is 12.5. The predicted molar refractivity (Wildman–Crippen MR) is 89.9 cm³/mol. The Balaban J connectivity index is 1.50. The van der Waals surface area contributed by atoms with Crippen LogP contribution in [0.5, 0.6) is 5.75 Å². The molecular weight excluding hydrogens is 310 g/mol. The van der Waals surface area contributed by atoms with Gasteiger partial charge in [-0.2, -0.15) is 0 Å². The quantitative estimate of drug-likeness (QED) is 0.864. The molecule has 1 aliphatic heterocycles. The number of piperidine rings is 1. The minimum absolute atomic E-state index is 0.120. The second-order valence-electron chi connectivity index (χ2n) is 5.95. The van der Waals surface area contributed by atoms with Gasteiger partial charge >= 0.3 is 0 Å². The monoisotopic (exact) mass is 331 g/mol. The Hall–Kier alpha value is -1.95. The van der Waals surface area contributed by atoms with Gasteiger partial charge in [-0.25, -0.2) is 4.98 Å². The van der Waals surface area contributed by atoms with Crippen molar-refractivity contribution in [2.24, 2.45) is 5.92 Å². The van der Waals surface area contributed by atoms with Crippen LogP contribution in [0.2, 0.25) is 0 Å². The standard InChI is InChI=1S/C17H21N3O2S/c1-12-9-18-6-3-15(12)22-10-14-4-7-20(8-5-14)17(21)16-13(2)19-11-23-16/h3,6,9,11,14H,4-5,7-8,10H2,1-2H3. The number of aryl methyl sites for hydroxylation is 2. The maximum atomic E-state index is 12.5. The molecule has 2 aromatic rings. The van der Waals surface area contributed by atoms with Crippen molar-refractivity contribution >= 4 is 17.2 Å². The Kier molecular flexibility index (Phi) is 4.91. The van der Waals surface area contributed by atoms with Gasteiger partial charge in [0.1, 0.15) is 10.6 Å². The number of carbonyl (C=O) groups is 1. The molecule has 3 rings (SSSR count). The number of pyridine rings is 1. The lowest BCUT2D eigenvalue weighted by Gasteiger charge is -2.31. The molecule has 1 saturated heterocycles. The van der Waals surface area contributed by atoms with Crippen LogP contribution in [0.4, 0.5) is 0 Å². The fourth-order valence-corrected chi connectivity index (χ4v) is 3.55. The molecule has 1 amide bonds. The number of thiazole rings is 1.